The molecule has 2 aromatic heterocycles. The van der Waals surface area contributed by atoms with Crippen LogP contribution in [0.5, 0.6) is 0 Å². The number of nitrogens with one attached hydrogen (secondary N) is 1. The number of aryl methyl sites for hydroxylation is 1. The van der Waals surface area contributed by atoms with Crippen molar-refractivity contribution in [3.05, 3.63) is 47.3 Å². The van der Waals surface area contributed by atoms with Gasteiger partial charge in [-0.1, -0.05) is 12.1 Å². The van der Waals surface area contributed by atoms with E-state index in [0.29, 0.717) is 31.0 Å². The van der Waals surface area contributed by atoms with Gasteiger partial charge in [-0.3, -0.25) is 5.32 Å². The van der Waals surface area contributed by atoms with Crippen LogP contribution in [-0.2, 0) is 17.8 Å². The Morgan fingerprint density at radius 3 is 3.00 bits per heavy atom. The van der Waals surface area contributed by atoms with E-state index in [-0.39, 0.29) is 16.9 Å². The molecule has 2 heterocycles. The maximum absolute atomic E-state index is 13.1. The molecule has 7 nitrogen and oxygen atoms in total. The molecule has 3 rings (SSSR count). The molecule has 3 N–H and O–H groups in total. The van der Waals surface area contributed by atoms with Gasteiger partial charge in [0.15, 0.2) is 11.5 Å². The zero-order valence-electron chi connectivity index (χ0n) is 14.2. The summed E-state index contributed by atoms with van der Waals surface area (Å²) in [5, 5.41) is 3.24. The third kappa shape index (κ3) is 4.87. The van der Waals surface area contributed by atoms with Crippen LogP contribution in [0.2, 0.25) is 5.28 Å². The lowest BCUT2D eigenvalue weighted by Crippen LogP contribution is -2.18. The quantitative estimate of drug-likeness (QED) is 0.338. The molecule has 0 spiro atoms. The van der Waals surface area contributed by atoms with E-state index in [9.17, 15) is 4.39 Å². The minimum atomic E-state index is -0.231. The third-order valence-corrected chi connectivity index (χ3v) is 3.99. The lowest BCUT2D eigenvalue weighted by molar-refractivity contribution is 0.111. The molecule has 0 amide bonds. The lowest BCUT2D eigenvalue weighted by Gasteiger charge is -2.07. The number of aromatic nitrogens is 4. The number of unbranched alkanes of at least 4 members (excludes halogenated alkanes) is 1. The standard InChI is InChI=1S/C17H20ClFN6O/c18-17-23-15(20)14-16(24-17)25(10-22-14)6-1-2-7-26-11-21-9-12-4-3-5-13(19)8-12/h3-5,8,10,21H,1-2,6-7,9,11H2,(H2,20,23,24). The predicted molar refractivity (Wildman–Crippen MR) is 98.0 cm³/mol. The van der Waals surface area contributed by atoms with E-state index >= 15 is 0 Å². The molecule has 0 fully saturated rings. The minimum Gasteiger partial charge on any atom is -0.382 e. The molecule has 0 aliphatic rings. The second-order valence-corrected chi connectivity index (χ2v) is 6.14. The van der Waals surface area contributed by atoms with Crippen molar-refractivity contribution in [2.75, 3.05) is 19.1 Å². The number of rotatable bonds is 9. The number of hydrogen-bond donors (Lipinski definition) is 2. The molecule has 0 aliphatic heterocycles. The molecule has 1 aromatic carbocycles. The normalized spacial score (nSPS) is 11.3. The van der Waals surface area contributed by atoms with Gasteiger partial charge in [-0.25, -0.2) is 9.37 Å². The number of ether oxygens (including phenoxy) is 1. The summed E-state index contributed by atoms with van der Waals surface area (Å²) in [6.45, 7) is 2.36. The van der Waals surface area contributed by atoms with Crippen molar-refractivity contribution in [1.82, 2.24) is 24.8 Å². The molecular weight excluding hydrogens is 359 g/mol. The fourth-order valence-electron chi connectivity index (χ4n) is 2.58. The topological polar surface area (TPSA) is 90.9 Å². The van der Waals surface area contributed by atoms with Gasteiger partial charge in [0.25, 0.3) is 0 Å². The van der Waals surface area contributed by atoms with Crippen LogP contribution in [0, 0.1) is 5.82 Å². The van der Waals surface area contributed by atoms with E-state index < -0.39 is 0 Å². The Balaban J connectivity index is 1.34. The van der Waals surface area contributed by atoms with Crippen molar-refractivity contribution in [3.8, 4) is 0 Å². The monoisotopic (exact) mass is 378 g/mol. The Kier molecular flexibility index (Phi) is 6.32. The first kappa shape index (κ1) is 18.5. The van der Waals surface area contributed by atoms with Crippen molar-refractivity contribution >= 4 is 28.6 Å². The van der Waals surface area contributed by atoms with E-state index in [2.05, 4.69) is 20.3 Å². The van der Waals surface area contributed by atoms with Crippen molar-refractivity contribution < 1.29 is 9.13 Å². The number of anilines is 1. The number of hydrogen-bond acceptors (Lipinski definition) is 6. The molecule has 0 radical (unpaired) electrons. The molecule has 3 aromatic rings. The molecule has 0 aliphatic carbocycles. The van der Waals surface area contributed by atoms with Crippen molar-refractivity contribution in [3.63, 3.8) is 0 Å². The van der Waals surface area contributed by atoms with Crippen LogP contribution in [0.25, 0.3) is 11.2 Å². The summed E-state index contributed by atoms with van der Waals surface area (Å²) in [4.78, 5) is 12.3. The van der Waals surface area contributed by atoms with Crippen LogP contribution in [0.3, 0.4) is 0 Å². The number of fused-ring (bicyclic) bond motifs is 1. The first-order chi connectivity index (χ1) is 12.6. The Hall–Kier alpha value is -2.29. The van der Waals surface area contributed by atoms with Gasteiger partial charge < -0.3 is 15.0 Å². The zero-order chi connectivity index (χ0) is 18.4. The average molecular weight is 379 g/mol. The summed E-state index contributed by atoms with van der Waals surface area (Å²) in [6, 6.07) is 6.50. The molecule has 9 heteroatoms. The first-order valence-corrected chi connectivity index (χ1v) is 8.68. The fourth-order valence-corrected chi connectivity index (χ4v) is 2.75. The second kappa shape index (κ2) is 8.88. The van der Waals surface area contributed by atoms with Crippen LogP contribution in [-0.4, -0.2) is 32.9 Å². The molecule has 0 atom stereocenters. The molecule has 26 heavy (non-hydrogen) atoms. The van der Waals surface area contributed by atoms with Gasteiger partial charge in [0.2, 0.25) is 5.28 Å². The summed E-state index contributed by atoms with van der Waals surface area (Å²) in [7, 11) is 0. The summed E-state index contributed by atoms with van der Waals surface area (Å²) in [5.41, 5.74) is 7.88. The van der Waals surface area contributed by atoms with Crippen LogP contribution in [0.4, 0.5) is 10.2 Å². The maximum atomic E-state index is 13.1. The minimum absolute atomic E-state index is 0.115. The van der Waals surface area contributed by atoms with Crippen molar-refractivity contribution in [2.24, 2.45) is 0 Å². The highest BCUT2D eigenvalue weighted by atomic mass is 35.5. The van der Waals surface area contributed by atoms with Crippen LogP contribution < -0.4 is 11.1 Å². The third-order valence-electron chi connectivity index (χ3n) is 3.82. The van der Waals surface area contributed by atoms with Gasteiger partial charge in [-0.15, -0.1) is 0 Å². The summed E-state index contributed by atoms with van der Waals surface area (Å²) < 4.78 is 20.5. The Bertz CT molecular complexity index is 872. The zero-order valence-corrected chi connectivity index (χ0v) is 14.9. The largest absolute Gasteiger partial charge is 0.382 e. The number of halogens is 2. The molecule has 0 unspecified atom stereocenters. The molecule has 0 bridgehead atoms. The van der Waals surface area contributed by atoms with Gasteiger partial charge in [0.05, 0.1) is 13.1 Å². The van der Waals surface area contributed by atoms with E-state index in [4.69, 9.17) is 22.1 Å². The van der Waals surface area contributed by atoms with E-state index in [1.54, 1.807) is 12.4 Å². The number of nitrogens with zero attached hydrogens (tertiary/aromatic N) is 4. The summed E-state index contributed by atoms with van der Waals surface area (Å²) in [5.74, 6) is 0.0528. The molecule has 138 valence electrons. The Morgan fingerprint density at radius 1 is 1.27 bits per heavy atom. The Labute approximate surface area is 155 Å². The highest BCUT2D eigenvalue weighted by molar-refractivity contribution is 6.28. The molecule has 0 saturated heterocycles. The van der Waals surface area contributed by atoms with Gasteiger partial charge in [-0.2, -0.15) is 9.97 Å². The molecular formula is C17H20ClFN6O. The smallest absolute Gasteiger partial charge is 0.226 e. The highest BCUT2D eigenvalue weighted by Gasteiger charge is 2.09. The highest BCUT2D eigenvalue weighted by Crippen LogP contribution is 2.18. The van der Waals surface area contributed by atoms with Gasteiger partial charge in [-0.05, 0) is 42.1 Å². The van der Waals surface area contributed by atoms with E-state index in [1.165, 1.54) is 12.1 Å². The van der Waals surface area contributed by atoms with Crippen LogP contribution in [0.15, 0.2) is 30.6 Å². The number of nitrogens with two attached hydrogens (primary N) is 1. The maximum Gasteiger partial charge on any atom is 0.226 e. The van der Waals surface area contributed by atoms with Crippen molar-refractivity contribution in [2.45, 2.75) is 25.9 Å². The number of benzene rings is 1. The predicted octanol–water partition coefficient (Wildman–Crippen LogP) is 2.75. The van der Waals surface area contributed by atoms with Crippen molar-refractivity contribution in [1.29, 1.82) is 0 Å². The van der Waals surface area contributed by atoms with E-state index in [0.717, 1.165) is 24.9 Å². The summed E-state index contributed by atoms with van der Waals surface area (Å²) in [6.07, 6.45) is 3.47. The van der Waals surface area contributed by atoms with Gasteiger partial charge in [0.1, 0.15) is 11.3 Å². The number of nitrogen functional groups attached to an aromatic ring is 1. The SMILES string of the molecule is Nc1nc(Cl)nc2c1ncn2CCCCOCNCc1cccc(F)c1. The second-order valence-electron chi connectivity index (χ2n) is 5.80. The Morgan fingerprint density at radius 2 is 2.15 bits per heavy atom. The van der Waals surface area contributed by atoms with Gasteiger partial charge in [0, 0.05) is 19.7 Å². The first-order valence-electron chi connectivity index (χ1n) is 8.30. The average Bonchev–Trinajstić information content (AvgIpc) is 3.00. The van der Waals surface area contributed by atoms with Crippen LogP contribution >= 0.6 is 11.6 Å². The lowest BCUT2D eigenvalue weighted by atomic mass is 10.2. The van der Waals surface area contributed by atoms with E-state index in [1.807, 2.05) is 10.6 Å². The fraction of sp³-hybridized carbons (Fsp3) is 0.353. The van der Waals surface area contributed by atoms with Gasteiger partial charge >= 0.3 is 0 Å². The summed E-state index contributed by atoms with van der Waals surface area (Å²) >= 11 is 5.85. The molecule has 0 saturated carbocycles. The number of imidazole rings is 1. The van der Waals surface area contributed by atoms with Crippen LogP contribution in [0.1, 0.15) is 18.4 Å².